The summed E-state index contributed by atoms with van der Waals surface area (Å²) in [5.74, 6) is -1.06. The van der Waals surface area contributed by atoms with Crippen LogP contribution < -0.4 is 5.32 Å². The molecule has 1 unspecified atom stereocenters. The Morgan fingerprint density at radius 1 is 1.25 bits per heavy atom. The van der Waals surface area contributed by atoms with Gasteiger partial charge in [0.2, 0.25) is 11.8 Å². The second-order valence-electron chi connectivity index (χ2n) is 6.61. The molecule has 0 spiro atoms. The normalized spacial score (nSPS) is 18.0. The van der Waals surface area contributed by atoms with E-state index in [-0.39, 0.29) is 18.0 Å². The highest BCUT2D eigenvalue weighted by molar-refractivity contribution is 8.15. The number of aryl methyl sites for hydroxylation is 2. The molecule has 3 rings (SSSR count). The average Bonchev–Trinajstić information content (AvgIpc) is 2.94. The lowest BCUT2D eigenvalue weighted by Gasteiger charge is -2.14. The molecule has 0 bridgehead atoms. The van der Waals surface area contributed by atoms with Crippen LogP contribution in [0.5, 0.6) is 0 Å². The Hall–Kier alpha value is -2.67. The molecule has 146 valence electrons. The topological polar surface area (TPSA) is 61.8 Å². The fraction of sp³-hybridized carbons (Fsp3) is 0.286. The van der Waals surface area contributed by atoms with Crippen LogP contribution in [0.1, 0.15) is 24.5 Å². The highest BCUT2D eigenvalue weighted by atomic mass is 32.2. The van der Waals surface area contributed by atoms with Gasteiger partial charge in [0.15, 0.2) is 5.17 Å². The molecule has 1 N–H and O–H groups in total. The lowest BCUT2D eigenvalue weighted by Crippen LogP contribution is -2.33. The van der Waals surface area contributed by atoms with Gasteiger partial charge in [-0.15, -0.1) is 0 Å². The van der Waals surface area contributed by atoms with Crippen LogP contribution in [0, 0.1) is 19.7 Å². The van der Waals surface area contributed by atoms with E-state index in [0.29, 0.717) is 11.7 Å². The van der Waals surface area contributed by atoms with Crippen molar-refractivity contribution < 1.29 is 14.0 Å². The smallest absolute Gasteiger partial charge is 0.242 e. The van der Waals surface area contributed by atoms with Crippen molar-refractivity contribution in [2.24, 2.45) is 4.99 Å². The number of anilines is 1. The molecule has 5 nitrogen and oxygen atoms in total. The van der Waals surface area contributed by atoms with Crippen molar-refractivity contribution in [2.45, 2.75) is 32.4 Å². The molecule has 28 heavy (non-hydrogen) atoms. The van der Waals surface area contributed by atoms with Crippen LogP contribution in [0.15, 0.2) is 47.5 Å². The fourth-order valence-corrected chi connectivity index (χ4v) is 4.11. The van der Waals surface area contributed by atoms with Crippen molar-refractivity contribution in [3.63, 3.8) is 0 Å². The van der Waals surface area contributed by atoms with E-state index in [1.807, 2.05) is 39.0 Å². The number of hydrogen-bond donors (Lipinski definition) is 1. The molecule has 1 aliphatic rings. The summed E-state index contributed by atoms with van der Waals surface area (Å²) in [4.78, 5) is 31.3. The number of benzene rings is 2. The number of thioether (sulfide) groups is 1. The summed E-state index contributed by atoms with van der Waals surface area (Å²) in [6.45, 7) is 6.30. The highest BCUT2D eigenvalue weighted by Crippen LogP contribution is 2.32. The zero-order valence-electron chi connectivity index (χ0n) is 16.0. The third-order valence-electron chi connectivity index (χ3n) is 4.44. The molecule has 1 saturated heterocycles. The number of carbonyl (C=O) groups excluding carboxylic acids is 2. The van der Waals surface area contributed by atoms with Gasteiger partial charge in [-0.3, -0.25) is 14.5 Å². The Kier molecular flexibility index (Phi) is 6.14. The summed E-state index contributed by atoms with van der Waals surface area (Å²) in [7, 11) is 0. The van der Waals surface area contributed by atoms with Gasteiger partial charge in [-0.2, -0.15) is 0 Å². The maximum absolute atomic E-state index is 13.7. The van der Waals surface area contributed by atoms with E-state index in [4.69, 9.17) is 0 Å². The van der Waals surface area contributed by atoms with E-state index in [0.717, 1.165) is 16.8 Å². The first-order valence-electron chi connectivity index (χ1n) is 9.07. The molecule has 0 aromatic heterocycles. The molecule has 2 aromatic carbocycles. The lowest BCUT2D eigenvalue weighted by molar-refractivity contribution is -0.128. The van der Waals surface area contributed by atoms with Gasteiger partial charge in [0.1, 0.15) is 11.1 Å². The minimum Gasteiger partial charge on any atom is -0.324 e. The molecule has 1 aliphatic heterocycles. The monoisotopic (exact) mass is 399 g/mol. The van der Waals surface area contributed by atoms with Crippen LogP contribution >= 0.6 is 11.8 Å². The maximum atomic E-state index is 13.7. The first-order valence-corrected chi connectivity index (χ1v) is 9.95. The van der Waals surface area contributed by atoms with E-state index < -0.39 is 17.0 Å². The van der Waals surface area contributed by atoms with E-state index >= 15 is 0 Å². The molecule has 0 aliphatic carbocycles. The number of halogens is 1. The lowest BCUT2D eigenvalue weighted by atomic mass is 10.1. The first-order chi connectivity index (χ1) is 13.4. The summed E-state index contributed by atoms with van der Waals surface area (Å²) in [6.07, 6.45) is -0.0415. The number of rotatable bonds is 5. The van der Waals surface area contributed by atoms with Gasteiger partial charge in [-0.25, -0.2) is 9.38 Å². The fourth-order valence-electron chi connectivity index (χ4n) is 2.89. The van der Waals surface area contributed by atoms with Crippen LogP contribution in [-0.2, 0) is 9.59 Å². The summed E-state index contributed by atoms with van der Waals surface area (Å²) in [5.41, 5.74) is 3.02. The molecule has 7 heteroatoms. The summed E-state index contributed by atoms with van der Waals surface area (Å²) >= 11 is 1.28. The predicted octanol–water partition coefficient (Wildman–Crippen LogP) is 4.42. The van der Waals surface area contributed by atoms with E-state index in [2.05, 4.69) is 10.3 Å². The SMILES string of the molecule is CCN1C(=O)C(CC(=O)Nc2ccccc2F)SC1=Nc1cc(C)ccc1C. The largest absolute Gasteiger partial charge is 0.324 e. The number of hydrogen-bond acceptors (Lipinski definition) is 4. The molecule has 2 amide bonds. The summed E-state index contributed by atoms with van der Waals surface area (Å²) < 4.78 is 13.7. The molecule has 1 fully saturated rings. The van der Waals surface area contributed by atoms with E-state index in [9.17, 15) is 14.0 Å². The number of para-hydroxylation sites is 1. The third-order valence-corrected chi connectivity index (χ3v) is 5.61. The number of amides is 2. The molecular weight excluding hydrogens is 377 g/mol. The first kappa shape index (κ1) is 20.1. The van der Waals surface area contributed by atoms with Gasteiger partial charge < -0.3 is 5.32 Å². The quantitative estimate of drug-likeness (QED) is 0.809. The number of aliphatic imine (C=N–C) groups is 1. The molecular formula is C21H22FN3O2S. The predicted molar refractivity (Wildman–Crippen MR) is 111 cm³/mol. The Bertz CT molecular complexity index is 945. The van der Waals surface area contributed by atoms with Crippen molar-refractivity contribution in [3.05, 3.63) is 59.4 Å². The summed E-state index contributed by atoms with van der Waals surface area (Å²) in [6, 6.07) is 11.9. The molecule has 0 saturated carbocycles. The number of nitrogens with one attached hydrogen (secondary N) is 1. The van der Waals surface area contributed by atoms with Gasteiger partial charge in [-0.05, 0) is 50.1 Å². The van der Waals surface area contributed by atoms with Crippen LogP contribution in [0.2, 0.25) is 0 Å². The molecule has 1 atom stereocenters. The second kappa shape index (κ2) is 8.56. The Balaban J connectivity index is 1.76. The Labute approximate surface area is 168 Å². The van der Waals surface area contributed by atoms with Crippen LogP contribution in [0.25, 0.3) is 0 Å². The van der Waals surface area contributed by atoms with Crippen LogP contribution in [0.4, 0.5) is 15.8 Å². The third kappa shape index (κ3) is 4.42. The molecule has 2 aromatic rings. The van der Waals surface area contributed by atoms with Gasteiger partial charge in [-0.1, -0.05) is 36.0 Å². The zero-order chi connectivity index (χ0) is 20.3. The summed E-state index contributed by atoms with van der Waals surface area (Å²) in [5, 5.41) is 2.55. The van der Waals surface area contributed by atoms with Gasteiger partial charge >= 0.3 is 0 Å². The average molecular weight is 399 g/mol. The minimum atomic E-state index is -0.574. The minimum absolute atomic E-state index is 0.0415. The van der Waals surface area contributed by atoms with E-state index in [1.165, 1.54) is 23.9 Å². The van der Waals surface area contributed by atoms with Crippen molar-refractivity contribution >= 4 is 40.1 Å². The number of amidine groups is 1. The standard InChI is InChI=1S/C21H22FN3O2S/c1-4-25-20(27)18(12-19(26)23-16-8-6-5-7-15(16)22)28-21(25)24-17-11-13(2)9-10-14(17)3/h5-11,18H,4,12H2,1-3H3,(H,23,26). The van der Waals surface area contributed by atoms with Gasteiger partial charge in [0.25, 0.3) is 0 Å². The van der Waals surface area contributed by atoms with Crippen molar-refractivity contribution in [2.75, 3.05) is 11.9 Å². The van der Waals surface area contributed by atoms with E-state index in [1.54, 1.807) is 17.0 Å². The van der Waals surface area contributed by atoms with Crippen LogP contribution in [0.3, 0.4) is 0 Å². The number of nitrogens with zero attached hydrogens (tertiary/aromatic N) is 2. The molecule has 1 heterocycles. The van der Waals surface area contributed by atoms with Crippen molar-refractivity contribution in [1.29, 1.82) is 0 Å². The van der Waals surface area contributed by atoms with Crippen molar-refractivity contribution in [1.82, 2.24) is 4.90 Å². The Morgan fingerprint density at radius 2 is 2.00 bits per heavy atom. The maximum Gasteiger partial charge on any atom is 0.242 e. The highest BCUT2D eigenvalue weighted by Gasteiger charge is 2.38. The van der Waals surface area contributed by atoms with Gasteiger partial charge in [0.05, 0.1) is 11.4 Å². The van der Waals surface area contributed by atoms with Gasteiger partial charge in [0, 0.05) is 13.0 Å². The van der Waals surface area contributed by atoms with Crippen LogP contribution in [-0.4, -0.2) is 33.7 Å². The Morgan fingerprint density at radius 3 is 2.71 bits per heavy atom. The number of carbonyl (C=O) groups is 2. The van der Waals surface area contributed by atoms with Crippen molar-refractivity contribution in [3.8, 4) is 0 Å². The second-order valence-corrected chi connectivity index (χ2v) is 7.78. The molecule has 0 radical (unpaired) electrons. The zero-order valence-corrected chi connectivity index (χ0v) is 16.8.